The van der Waals surface area contributed by atoms with Crippen molar-refractivity contribution in [3.05, 3.63) is 48.0 Å². The van der Waals surface area contributed by atoms with E-state index in [0.717, 1.165) is 42.9 Å². The average Bonchev–Trinajstić information content (AvgIpc) is 3.31. The van der Waals surface area contributed by atoms with E-state index in [0.29, 0.717) is 6.54 Å². The Balaban J connectivity index is 1.50. The smallest absolute Gasteiger partial charge is 0.191 e. The molecule has 2 N–H and O–H groups in total. The highest BCUT2D eigenvalue weighted by Gasteiger charge is 2.22. The Kier molecular flexibility index (Phi) is 5.93. The van der Waals surface area contributed by atoms with Gasteiger partial charge in [0.05, 0.1) is 12.9 Å². The number of aromatic nitrogens is 2. The molecule has 1 aromatic heterocycles. The molecule has 0 radical (unpaired) electrons. The van der Waals surface area contributed by atoms with Gasteiger partial charge in [0, 0.05) is 44.6 Å². The van der Waals surface area contributed by atoms with Crippen molar-refractivity contribution in [3.63, 3.8) is 0 Å². The van der Waals surface area contributed by atoms with Gasteiger partial charge in [-0.25, -0.2) is 4.98 Å². The number of nitrogens with zero attached hydrogens (tertiary/aromatic N) is 3. The third kappa shape index (κ3) is 5.52. The number of hydrogen-bond acceptors (Lipinski definition) is 3. The lowest BCUT2D eigenvalue weighted by Gasteiger charge is -2.15. The summed E-state index contributed by atoms with van der Waals surface area (Å²) in [5, 5.41) is 6.68. The molecule has 0 aliphatic heterocycles. The fraction of sp³-hybridized carbons (Fsp3) is 0.474. The van der Waals surface area contributed by atoms with E-state index >= 15 is 0 Å². The van der Waals surface area contributed by atoms with Gasteiger partial charge in [-0.1, -0.05) is 12.1 Å². The largest absolute Gasteiger partial charge is 0.493 e. The molecule has 1 fully saturated rings. The maximum absolute atomic E-state index is 6.03. The summed E-state index contributed by atoms with van der Waals surface area (Å²) in [5.41, 5.74) is 2.38. The SMILES string of the molecule is CN=C(NCCn1ccnc1)NCc1ccc(C)cc1OCC1CC1. The van der Waals surface area contributed by atoms with Crippen molar-refractivity contribution >= 4 is 5.96 Å². The number of nitrogens with one attached hydrogen (secondary N) is 2. The van der Waals surface area contributed by atoms with Crippen LogP contribution in [0.4, 0.5) is 0 Å². The highest BCUT2D eigenvalue weighted by molar-refractivity contribution is 5.79. The third-order valence-electron chi connectivity index (χ3n) is 4.29. The van der Waals surface area contributed by atoms with Gasteiger partial charge in [-0.3, -0.25) is 4.99 Å². The second-order valence-electron chi connectivity index (χ2n) is 6.52. The van der Waals surface area contributed by atoms with Gasteiger partial charge in [-0.05, 0) is 37.3 Å². The summed E-state index contributed by atoms with van der Waals surface area (Å²) in [6.07, 6.45) is 8.15. The zero-order valence-corrected chi connectivity index (χ0v) is 15.0. The molecule has 1 aromatic carbocycles. The summed E-state index contributed by atoms with van der Waals surface area (Å²) in [4.78, 5) is 8.32. The zero-order valence-electron chi connectivity index (χ0n) is 15.0. The van der Waals surface area contributed by atoms with Crippen molar-refractivity contribution < 1.29 is 4.74 Å². The number of aliphatic imine (C=N–C) groups is 1. The molecule has 1 saturated carbocycles. The first-order valence-corrected chi connectivity index (χ1v) is 8.87. The van der Waals surface area contributed by atoms with Crippen molar-refractivity contribution in [1.82, 2.24) is 20.2 Å². The monoisotopic (exact) mass is 341 g/mol. The van der Waals surface area contributed by atoms with Crippen LogP contribution in [0.2, 0.25) is 0 Å². The van der Waals surface area contributed by atoms with Gasteiger partial charge in [0.25, 0.3) is 0 Å². The predicted octanol–water partition coefficient (Wildman–Crippen LogP) is 2.35. The summed E-state index contributed by atoms with van der Waals surface area (Å²) in [7, 11) is 1.78. The molecular weight excluding hydrogens is 314 g/mol. The summed E-state index contributed by atoms with van der Waals surface area (Å²) in [6, 6.07) is 6.37. The van der Waals surface area contributed by atoms with E-state index in [1.54, 1.807) is 13.2 Å². The van der Waals surface area contributed by atoms with E-state index < -0.39 is 0 Å². The minimum Gasteiger partial charge on any atom is -0.493 e. The lowest BCUT2D eigenvalue weighted by Crippen LogP contribution is -2.38. The van der Waals surface area contributed by atoms with Crippen molar-refractivity contribution in [2.24, 2.45) is 10.9 Å². The first kappa shape index (κ1) is 17.3. The van der Waals surface area contributed by atoms with E-state index in [2.05, 4.69) is 45.7 Å². The van der Waals surface area contributed by atoms with Crippen LogP contribution >= 0.6 is 0 Å². The molecule has 0 saturated heterocycles. The van der Waals surface area contributed by atoms with Crippen molar-refractivity contribution in [2.75, 3.05) is 20.2 Å². The van der Waals surface area contributed by atoms with Crippen LogP contribution < -0.4 is 15.4 Å². The minimum atomic E-state index is 0.686. The van der Waals surface area contributed by atoms with Gasteiger partial charge in [-0.2, -0.15) is 0 Å². The predicted molar refractivity (Wildman–Crippen MR) is 99.8 cm³/mol. The second-order valence-corrected chi connectivity index (χ2v) is 6.52. The average molecular weight is 341 g/mol. The van der Waals surface area contributed by atoms with Crippen LogP contribution in [-0.4, -0.2) is 35.7 Å². The molecule has 0 bridgehead atoms. The zero-order chi connectivity index (χ0) is 17.5. The first-order valence-electron chi connectivity index (χ1n) is 8.87. The fourth-order valence-electron chi connectivity index (χ4n) is 2.56. The van der Waals surface area contributed by atoms with Crippen LogP contribution in [0.5, 0.6) is 5.75 Å². The van der Waals surface area contributed by atoms with Crippen molar-refractivity contribution in [3.8, 4) is 5.75 Å². The first-order chi connectivity index (χ1) is 12.2. The molecule has 0 amide bonds. The Morgan fingerprint density at radius 3 is 2.96 bits per heavy atom. The normalized spacial score (nSPS) is 14.4. The van der Waals surface area contributed by atoms with Crippen LogP contribution in [0, 0.1) is 12.8 Å². The summed E-state index contributed by atoms with van der Waals surface area (Å²) >= 11 is 0. The highest BCUT2D eigenvalue weighted by atomic mass is 16.5. The highest BCUT2D eigenvalue weighted by Crippen LogP contribution is 2.30. The number of aryl methyl sites for hydroxylation is 1. The molecule has 134 valence electrons. The number of guanidine groups is 1. The number of imidazole rings is 1. The summed E-state index contributed by atoms with van der Waals surface area (Å²) in [6.45, 7) is 5.24. The molecular formula is C19H27N5O. The minimum absolute atomic E-state index is 0.686. The molecule has 0 unspecified atom stereocenters. The lowest BCUT2D eigenvalue weighted by molar-refractivity contribution is 0.296. The Bertz CT molecular complexity index is 692. The molecule has 1 aliphatic rings. The van der Waals surface area contributed by atoms with Crippen LogP contribution in [0.1, 0.15) is 24.0 Å². The van der Waals surface area contributed by atoms with Gasteiger partial charge in [0.2, 0.25) is 0 Å². The quantitative estimate of drug-likeness (QED) is 0.571. The summed E-state index contributed by atoms with van der Waals surface area (Å²) < 4.78 is 8.06. The topological polar surface area (TPSA) is 63.5 Å². The van der Waals surface area contributed by atoms with Crippen molar-refractivity contribution in [2.45, 2.75) is 32.9 Å². The number of rotatable bonds is 8. The second kappa shape index (κ2) is 8.55. The van der Waals surface area contributed by atoms with E-state index in [4.69, 9.17) is 4.74 Å². The molecule has 25 heavy (non-hydrogen) atoms. The third-order valence-corrected chi connectivity index (χ3v) is 4.29. The van der Waals surface area contributed by atoms with E-state index in [1.165, 1.54) is 18.4 Å². The maximum Gasteiger partial charge on any atom is 0.191 e. The Hall–Kier alpha value is -2.50. The van der Waals surface area contributed by atoms with Gasteiger partial charge in [0.1, 0.15) is 5.75 Å². The lowest BCUT2D eigenvalue weighted by atomic mass is 10.1. The van der Waals surface area contributed by atoms with Crippen LogP contribution in [0.25, 0.3) is 0 Å². The standard InChI is InChI=1S/C19H27N5O/c1-15-3-6-17(18(11-15)25-13-16-4-5-16)12-23-19(20-2)22-8-10-24-9-7-21-14-24/h3,6-7,9,11,14,16H,4-5,8,10,12-13H2,1-2H3,(H2,20,22,23). The van der Waals surface area contributed by atoms with Crippen LogP contribution in [0.3, 0.4) is 0 Å². The fourth-order valence-corrected chi connectivity index (χ4v) is 2.56. The van der Waals surface area contributed by atoms with Gasteiger partial charge in [-0.15, -0.1) is 0 Å². The van der Waals surface area contributed by atoms with Crippen LogP contribution in [-0.2, 0) is 13.1 Å². The van der Waals surface area contributed by atoms with Gasteiger partial charge in [0.15, 0.2) is 5.96 Å². The van der Waals surface area contributed by atoms with Crippen LogP contribution in [0.15, 0.2) is 41.9 Å². The van der Waals surface area contributed by atoms with Crippen molar-refractivity contribution in [1.29, 1.82) is 0 Å². The molecule has 0 atom stereocenters. The van der Waals surface area contributed by atoms with E-state index in [-0.39, 0.29) is 0 Å². The van der Waals surface area contributed by atoms with E-state index in [9.17, 15) is 0 Å². The number of benzene rings is 1. The van der Waals surface area contributed by atoms with Gasteiger partial charge < -0.3 is 19.9 Å². The Morgan fingerprint density at radius 1 is 1.36 bits per heavy atom. The maximum atomic E-state index is 6.03. The number of hydrogen-bond donors (Lipinski definition) is 2. The molecule has 1 heterocycles. The molecule has 6 nitrogen and oxygen atoms in total. The number of ether oxygens (including phenoxy) is 1. The van der Waals surface area contributed by atoms with E-state index in [1.807, 2.05) is 17.1 Å². The molecule has 6 heteroatoms. The summed E-state index contributed by atoms with van der Waals surface area (Å²) in [5.74, 6) is 2.51. The van der Waals surface area contributed by atoms with Gasteiger partial charge >= 0.3 is 0 Å². The Labute approximate surface area is 149 Å². The molecule has 0 spiro atoms. The molecule has 2 aromatic rings. The molecule has 1 aliphatic carbocycles. The Morgan fingerprint density at radius 2 is 2.24 bits per heavy atom. The molecule has 3 rings (SSSR count).